The molecule has 0 spiro atoms. The van der Waals surface area contributed by atoms with Crippen molar-refractivity contribution in [3.05, 3.63) is 23.8 Å². The van der Waals surface area contributed by atoms with Gasteiger partial charge in [-0.15, -0.1) is 0 Å². The molecule has 1 aromatic carbocycles. The van der Waals surface area contributed by atoms with E-state index in [1.807, 2.05) is 12.1 Å². The molecule has 2 nitrogen and oxygen atoms in total. The summed E-state index contributed by atoms with van der Waals surface area (Å²) in [6, 6.07) is 5.74. The number of ether oxygens (including phenoxy) is 1. The molecule has 1 aliphatic rings. The molecule has 126 valence electrons. The van der Waals surface area contributed by atoms with Gasteiger partial charge in [-0.25, -0.2) is 0 Å². The van der Waals surface area contributed by atoms with Crippen LogP contribution in [0.2, 0.25) is 0 Å². The maximum atomic E-state index is 13.0. The summed E-state index contributed by atoms with van der Waals surface area (Å²) in [4.78, 5) is 2.20. The van der Waals surface area contributed by atoms with E-state index in [-0.39, 0.29) is 6.04 Å². The van der Waals surface area contributed by atoms with Gasteiger partial charge < -0.3 is 9.64 Å². The third-order valence-corrected chi connectivity index (χ3v) is 3.94. The quantitative estimate of drug-likeness (QED) is 0.698. The molecule has 0 saturated heterocycles. The molecule has 0 aromatic heterocycles. The number of hydrogen-bond donors (Lipinski definition) is 0. The minimum atomic E-state index is -4.36. The molecular formula is C18H22F3NO. The first-order valence-corrected chi connectivity index (χ1v) is 7.76. The Balaban J connectivity index is 2.46. The van der Waals surface area contributed by atoms with Gasteiger partial charge >= 0.3 is 6.18 Å². The van der Waals surface area contributed by atoms with Gasteiger partial charge in [0.1, 0.15) is 5.41 Å². The van der Waals surface area contributed by atoms with E-state index in [9.17, 15) is 13.2 Å². The molecule has 2 rings (SSSR count). The molecule has 0 aliphatic carbocycles. The summed E-state index contributed by atoms with van der Waals surface area (Å²) in [6.45, 7) is 7.74. The van der Waals surface area contributed by atoms with Gasteiger partial charge in [-0.05, 0) is 46.2 Å². The minimum absolute atomic E-state index is 0.283. The summed E-state index contributed by atoms with van der Waals surface area (Å²) in [6.07, 6.45) is -3.50. The van der Waals surface area contributed by atoms with Crippen LogP contribution in [0.1, 0.15) is 39.7 Å². The van der Waals surface area contributed by atoms with Crippen LogP contribution in [0.15, 0.2) is 18.2 Å². The summed E-state index contributed by atoms with van der Waals surface area (Å²) in [7, 11) is 0. The maximum Gasteiger partial charge on any atom is 0.404 e. The molecule has 5 heteroatoms. The van der Waals surface area contributed by atoms with Crippen LogP contribution < -0.4 is 9.64 Å². The van der Waals surface area contributed by atoms with Crippen molar-refractivity contribution < 1.29 is 17.9 Å². The van der Waals surface area contributed by atoms with Crippen molar-refractivity contribution in [2.75, 3.05) is 18.1 Å². The number of nitrogens with zero attached hydrogens (tertiary/aromatic N) is 1. The summed E-state index contributed by atoms with van der Waals surface area (Å²) in [5, 5.41) is 0. The van der Waals surface area contributed by atoms with Crippen molar-refractivity contribution in [1.29, 1.82) is 0 Å². The van der Waals surface area contributed by atoms with Crippen LogP contribution in [0.3, 0.4) is 0 Å². The van der Waals surface area contributed by atoms with Crippen LogP contribution in [0.5, 0.6) is 5.75 Å². The highest BCUT2D eigenvalue weighted by Gasteiger charge is 2.46. The summed E-state index contributed by atoms with van der Waals surface area (Å²) in [5.74, 6) is 5.63. The monoisotopic (exact) mass is 325 g/mol. The van der Waals surface area contributed by atoms with Gasteiger partial charge in [0.2, 0.25) is 0 Å². The SMILES string of the molecule is CC(C)N1CCCOc2c(C#CC(C)(C)C(F)(F)F)cccc21. The highest BCUT2D eigenvalue weighted by Crippen LogP contribution is 2.38. The fourth-order valence-corrected chi connectivity index (χ4v) is 2.36. The average Bonchev–Trinajstić information content (AvgIpc) is 2.66. The normalized spacial score (nSPS) is 15.4. The molecule has 0 fully saturated rings. The Morgan fingerprint density at radius 1 is 1.22 bits per heavy atom. The number of para-hydroxylation sites is 1. The second-order valence-corrected chi connectivity index (χ2v) is 6.52. The van der Waals surface area contributed by atoms with E-state index in [1.165, 1.54) is 0 Å². The van der Waals surface area contributed by atoms with Gasteiger partial charge in [-0.2, -0.15) is 13.2 Å². The molecule has 0 radical (unpaired) electrons. The number of benzene rings is 1. The standard InChI is InChI=1S/C18H22F3NO/c1-13(2)22-11-6-12-23-16-14(7-5-8-15(16)22)9-10-17(3,4)18(19,20)21/h5,7-8,13H,6,11-12H2,1-4H3. The smallest absolute Gasteiger partial charge is 0.404 e. The Morgan fingerprint density at radius 2 is 1.91 bits per heavy atom. The Hall–Kier alpha value is -1.83. The van der Waals surface area contributed by atoms with Gasteiger partial charge in [0, 0.05) is 12.6 Å². The van der Waals surface area contributed by atoms with Crippen LogP contribution in [0.25, 0.3) is 0 Å². The molecule has 0 amide bonds. The van der Waals surface area contributed by atoms with Gasteiger partial charge in [-0.1, -0.05) is 17.9 Å². The Labute approximate surface area is 135 Å². The summed E-state index contributed by atoms with van der Waals surface area (Å²) in [5.41, 5.74) is -0.653. The summed E-state index contributed by atoms with van der Waals surface area (Å²) >= 11 is 0. The Morgan fingerprint density at radius 3 is 2.52 bits per heavy atom. The predicted molar refractivity (Wildman–Crippen MR) is 85.8 cm³/mol. The van der Waals surface area contributed by atoms with Crippen LogP contribution >= 0.6 is 0 Å². The average molecular weight is 325 g/mol. The first kappa shape index (κ1) is 17.5. The number of fused-ring (bicyclic) bond motifs is 1. The fourth-order valence-electron chi connectivity index (χ4n) is 2.36. The van der Waals surface area contributed by atoms with Crippen molar-refractivity contribution in [3.8, 4) is 17.6 Å². The lowest BCUT2D eigenvalue weighted by Crippen LogP contribution is -2.31. The number of anilines is 1. The predicted octanol–water partition coefficient (Wildman–Crippen LogP) is 4.62. The lowest BCUT2D eigenvalue weighted by molar-refractivity contribution is -0.190. The molecule has 23 heavy (non-hydrogen) atoms. The molecule has 1 aromatic rings. The summed E-state index contributed by atoms with van der Waals surface area (Å²) < 4.78 is 44.7. The van der Waals surface area contributed by atoms with Gasteiger partial charge in [-0.3, -0.25) is 0 Å². The first-order chi connectivity index (χ1) is 10.6. The van der Waals surface area contributed by atoms with E-state index in [1.54, 1.807) is 6.07 Å². The van der Waals surface area contributed by atoms with Crippen LogP contribution in [-0.2, 0) is 0 Å². The largest absolute Gasteiger partial charge is 0.490 e. The van der Waals surface area contributed by atoms with Crippen molar-refractivity contribution in [2.24, 2.45) is 5.41 Å². The van der Waals surface area contributed by atoms with E-state index in [4.69, 9.17) is 4.74 Å². The van der Waals surface area contributed by atoms with E-state index in [2.05, 4.69) is 30.6 Å². The lowest BCUT2D eigenvalue weighted by atomic mass is 9.93. The number of hydrogen-bond acceptors (Lipinski definition) is 2. The number of halogens is 3. The zero-order valence-corrected chi connectivity index (χ0v) is 13.9. The fraction of sp³-hybridized carbons (Fsp3) is 0.556. The van der Waals surface area contributed by atoms with E-state index in [0.29, 0.717) is 17.9 Å². The molecular weight excluding hydrogens is 303 g/mol. The molecule has 1 heterocycles. The minimum Gasteiger partial charge on any atom is -0.490 e. The van der Waals surface area contributed by atoms with E-state index in [0.717, 1.165) is 32.5 Å². The first-order valence-electron chi connectivity index (χ1n) is 7.76. The van der Waals surface area contributed by atoms with Crippen LogP contribution in [0.4, 0.5) is 18.9 Å². The molecule has 0 bridgehead atoms. The zero-order valence-electron chi connectivity index (χ0n) is 13.9. The van der Waals surface area contributed by atoms with Gasteiger partial charge in [0.15, 0.2) is 5.75 Å². The van der Waals surface area contributed by atoms with Crippen LogP contribution in [-0.4, -0.2) is 25.4 Å². The molecule has 1 aliphatic heterocycles. The van der Waals surface area contributed by atoms with E-state index >= 15 is 0 Å². The third-order valence-electron chi connectivity index (χ3n) is 3.94. The highest BCUT2D eigenvalue weighted by atomic mass is 19.4. The van der Waals surface area contributed by atoms with E-state index < -0.39 is 11.6 Å². The molecule has 0 N–H and O–H groups in total. The van der Waals surface area contributed by atoms with Crippen LogP contribution in [0, 0.1) is 17.3 Å². The number of alkyl halides is 3. The Bertz CT molecular complexity index is 623. The molecule has 0 atom stereocenters. The lowest BCUT2D eigenvalue weighted by Gasteiger charge is -2.28. The maximum absolute atomic E-state index is 13.0. The van der Waals surface area contributed by atoms with Crippen molar-refractivity contribution >= 4 is 5.69 Å². The molecule has 0 saturated carbocycles. The zero-order chi connectivity index (χ0) is 17.3. The Kier molecular flexibility index (Phi) is 4.84. The van der Waals surface area contributed by atoms with Crippen molar-refractivity contribution in [2.45, 2.75) is 46.3 Å². The second-order valence-electron chi connectivity index (χ2n) is 6.52. The van der Waals surface area contributed by atoms with Crippen molar-refractivity contribution in [1.82, 2.24) is 0 Å². The van der Waals surface area contributed by atoms with Crippen molar-refractivity contribution in [3.63, 3.8) is 0 Å². The topological polar surface area (TPSA) is 12.5 Å². The third kappa shape index (κ3) is 3.74. The van der Waals surface area contributed by atoms with Gasteiger partial charge in [0.25, 0.3) is 0 Å². The molecule has 0 unspecified atom stereocenters. The second kappa shape index (κ2) is 6.35. The van der Waals surface area contributed by atoms with Gasteiger partial charge in [0.05, 0.1) is 17.9 Å². The highest BCUT2D eigenvalue weighted by molar-refractivity contribution is 5.66. The number of rotatable bonds is 1.